The van der Waals surface area contributed by atoms with Gasteiger partial charge in [-0.1, -0.05) is 41.9 Å². The number of hydrogen-bond acceptors (Lipinski definition) is 4. The van der Waals surface area contributed by atoms with Crippen molar-refractivity contribution in [3.05, 3.63) is 70.9 Å². The average molecular weight is 349 g/mol. The molecule has 0 N–H and O–H groups in total. The second-order valence-corrected chi connectivity index (χ2v) is 6.15. The van der Waals surface area contributed by atoms with Crippen molar-refractivity contribution in [2.24, 2.45) is 0 Å². The lowest BCUT2D eigenvalue weighted by atomic mass is 10.0. The van der Waals surface area contributed by atoms with Crippen LogP contribution in [-0.4, -0.2) is 20.2 Å². The largest absolute Gasteiger partial charge is 0.503 e. The summed E-state index contributed by atoms with van der Waals surface area (Å²) in [4.78, 5) is 13.1. The fourth-order valence-electron chi connectivity index (χ4n) is 2.08. The van der Waals surface area contributed by atoms with Crippen LogP contribution in [0.15, 0.2) is 59.7 Å². The van der Waals surface area contributed by atoms with Crippen molar-refractivity contribution >= 4 is 34.9 Å². The summed E-state index contributed by atoms with van der Waals surface area (Å²) in [6.45, 7) is 0. The summed E-state index contributed by atoms with van der Waals surface area (Å²) in [5.74, 6) is 0.279. The lowest BCUT2D eigenvalue weighted by Crippen LogP contribution is -2.06. The zero-order valence-corrected chi connectivity index (χ0v) is 14.5. The molecule has 120 valence electrons. The maximum Gasteiger partial charge on any atom is 0.341 e. The first-order chi connectivity index (χ1) is 11.2. The molecule has 0 bridgehead atoms. The van der Waals surface area contributed by atoms with Gasteiger partial charge >= 0.3 is 5.97 Å². The maximum atomic E-state index is 12.0. The number of carbonyl (C=O) groups is 1. The van der Waals surface area contributed by atoms with Gasteiger partial charge in [-0.15, -0.1) is 11.8 Å². The Morgan fingerprint density at radius 1 is 1.17 bits per heavy atom. The molecule has 2 aromatic rings. The highest BCUT2D eigenvalue weighted by Gasteiger charge is 2.16. The Labute approximate surface area is 145 Å². The quantitative estimate of drug-likeness (QED) is 0.325. The van der Waals surface area contributed by atoms with Crippen molar-refractivity contribution in [3.8, 4) is 0 Å². The third kappa shape index (κ3) is 4.78. The minimum atomic E-state index is -0.424. The van der Waals surface area contributed by atoms with Crippen LogP contribution in [-0.2, 0) is 20.0 Å². The summed E-state index contributed by atoms with van der Waals surface area (Å²) in [5.41, 5.74) is 2.22. The molecule has 0 amide bonds. The number of thioether (sulfide) groups is 1. The van der Waals surface area contributed by atoms with Crippen LogP contribution in [0, 0.1) is 0 Å². The Bertz CT molecular complexity index is 713. The molecule has 0 radical (unpaired) electrons. The van der Waals surface area contributed by atoms with Gasteiger partial charge in [-0.25, -0.2) is 4.79 Å². The number of methoxy groups -OCH3 is 2. The molecule has 3 nitrogen and oxygen atoms in total. The summed E-state index contributed by atoms with van der Waals surface area (Å²) in [5, 5.41) is 0.706. The highest BCUT2D eigenvalue weighted by Crippen LogP contribution is 2.29. The van der Waals surface area contributed by atoms with Crippen molar-refractivity contribution < 1.29 is 14.3 Å². The summed E-state index contributed by atoms with van der Waals surface area (Å²) in [7, 11) is 2.86. The van der Waals surface area contributed by atoms with E-state index in [-0.39, 0.29) is 0 Å². The van der Waals surface area contributed by atoms with Crippen molar-refractivity contribution in [2.75, 3.05) is 14.2 Å². The Balaban J connectivity index is 2.26. The number of carbonyl (C=O) groups excluding carboxylic acids is 1. The zero-order chi connectivity index (χ0) is 16.7. The molecule has 0 aliphatic rings. The summed E-state index contributed by atoms with van der Waals surface area (Å²) >= 11 is 7.66. The normalized spacial score (nSPS) is 11.2. The van der Waals surface area contributed by atoms with Gasteiger partial charge in [0.05, 0.1) is 20.5 Å². The van der Waals surface area contributed by atoms with Gasteiger partial charge in [0.2, 0.25) is 0 Å². The molecule has 0 fully saturated rings. The van der Waals surface area contributed by atoms with Crippen LogP contribution in [0.5, 0.6) is 0 Å². The predicted molar refractivity (Wildman–Crippen MR) is 94.5 cm³/mol. The number of ether oxygens (including phenoxy) is 2. The molecule has 0 spiro atoms. The fraction of sp³-hybridized carbons (Fsp3) is 0.167. The molecule has 0 aliphatic heterocycles. The molecule has 0 unspecified atom stereocenters. The van der Waals surface area contributed by atoms with Gasteiger partial charge in [-0.3, -0.25) is 0 Å². The van der Waals surface area contributed by atoms with Gasteiger partial charge < -0.3 is 9.47 Å². The lowest BCUT2D eigenvalue weighted by molar-refractivity contribution is -0.133. The topological polar surface area (TPSA) is 35.5 Å². The first-order valence-electron chi connectivity index (χ1n) is 6.93. The summed E-state index contributed by atoms with van der Waals surface area (Å²) in [6, 6.07) is 15.4. The van der Waals surface area contributed by atoms with E-state index in [0.29, 0.717) is 16.3 Å². The number of benzene rings is 2. The summed E-state index contributed by atoms with van der Waals surface area (Å²) in [6.07, 6.45) is 1.41. The van der Waals surface area contributed by atoms with E-state index in [0.717, 1.165) is 16.0 Å². The smallest absolute Gasteiger partial charge is 0.341 e. The van der Waals surface area contributed by atoms with Crippen molar-refractivity contribution in [1.29, 1.82) is 0 Å². The predicted octanol–water partition coefficient (Wildman–Crippen LogP) is 4.79. The molecular formula is C18H17ClO3S. The van der Waals surface area contributed by atoms with E-state index in [1.165, 1.54) is 20.5 Å². The van der Waals surface area contributed by atoms with Gasteiger partial charge in [0, 0.05) is 15.7 Å². The highest BCUT2D eigenvalue weighted by atomic mass is 35.5. The van der Waals surface area contributed by atoms with E-state index in [9.17, 15) is 4.79 Å². The third-order valence-electron chi connectivity index (χ3n) is 3.14. The van der Waals surface area contributed by atoms with Gasteiger partial charge in [0.25, 0.3) is 0 Å². The number of esters is 1. The second-order valence-electron chi connectivity index (χ2n) is 4.66. The standard InChI is InChI=1S/C18H17ClO3S/c1-21-11-17(18(20)22-2)16-9-4-3-6-13(16)12-23-15-8-5-7-14(19)10-15/h3-11H,12H2,1-2H3/b17-11-. The van der Waals surface area contributed by atoms with Crippen LogP contribution in [0.2, 0.25) is 5.02 Å². The molecule has 0 aromatic heterocycles. The van der Waals surface area contributed by atoms with E-state index in [2.05, 4.69) is 0 Å². The molecule has 0 atom stereocenters. The van der Waals surface area contributed by atoms with Crippen LogP contribution in [0.3, 0.4) is 0 Å². The highest BCUT2D eigenvalue weighted by molar-refractivity contribution is 7.98. The molecule has 0 heterocycles. The Morgan fingerprint density at radius 2 is 1.96 bits per heavy atom. The van der Waals surface area contributed by atoms with E-state index in [4.69, 9.17) is 21.1 Å². The minimum absolute atomic E-state index is 0.400. The first-order valence-corrected chi connectivity index (χ1v) is 8.30. The molecule has 0 saturated heterocycles. The minimum Gasteiger partial charge on any atom is -0.503 e. The van der Waals surface area contributed by atoms with E-state index >= 15 is 0 Å². The second kappa shape index (κ2) is 8.65. The number of rotatable bonds is 6. The molecule has 23 heavy (non-hydrogen) atoms. The van der Waals surface area contributed by atoms with E-state index < -0.39 is 5.97 Å². The van der Waals surface area contributed by atoms with Crippen LogP contribution >= 0.6 is 23.4 Å². The Morgan fingerprint density at radius 3 is 2.65 bits per heavy atom. The molecule has 0 aliphatic carbocycles. The Kier molecular flexibility index (Phi) is 6.56. The van der Waals surface area contributed by atoms with Crippen LogP contribution in [0.1, 0.15) is 11.1 Å². The van der Waals surface area contributed by atoms with Crippen molar-refractivity contribution in [3.63, 3.8) is 0 Å². The van der Waals surface area contributed by atoms with Crippen molar-refractivity contribution in [2.45, 2.75) is 10.6 Å². The van der Waals surface area contributed by atoms with Crippen molar-refractivity contribution in [1.82, 2.24) is 0 Å². The first kappa shape index (κ1) is 17.4. The molecular weight excluding hydrogens is 332 g/mol. The Hall–Kier alpha value is -1.91. The maximum absolute atomic E-state index is 12.0. The fourth-order valence-corrected chi connectivity index (χ4v) is 3.29. The van der Waals surface area contributed by atoms with Gasteiger partial charge in [0.15, 0.2) is 0 Å². The number of hydrogen-bond donors (Lipinski definition) is 0. The number of halogens is 1. The third-order valence-corrected chi connectivity index (χ3v) is 4.42. The van der Waals surface area contributed by atoms with E-state index in [1.54, 1.807) is 11.8 Å². The van der Waals surface area contributed by atoms with Gasteiger partial charge in [-0.05, 0) is 29.3 Å². The van der Waals surface area contributed by atoms with Crippen LogP contribution in [0.25, 0.3) is 5.57 Å². The lowest BCUT2D eigenvalue weighted by Gasteiger charge is -2.11. The molecule has 2 rings (SSSR count). The SMILES string of the molecule is CO/C=C(\C(=O)OC)c1ccccc1CSc1cccc(Cl)c1. The zero-order valence-electron chi connectivity index (χ0n) is 12.9. The monoisotopic (exact) mass is 348 g/mol. The molecule has 5 heteroatoms. The van der Waals surface area contributed by atoms with Gasteiger partial charge in [-0.2, -0.15) is 0 Å². The average Bonchev–Trinajstić information content (AvgIpc) is 2.58. The molecule has 2 aromatic carbocycles. The summed E-state index contributed by atoms with van der Waals surface area (Å²) < 4.78 is 9.87. The van der Waals surface area contributed by atoms with E-state index in [1.807, 2.05) is 48.5 Å². The van der Waals surface area contributed by atoms with Crippen LogP contribution in [0.4, 0.5) is 0 Å². The molecule has 0 saturated carbocycles. The van der Waals surface area contributed by atoms with Crippen LogP contribution < -0.4 is 0 Å². The van der Waals surface area contributed by atoms with Gasteiger partial charge in [0.1, 0.15) is 5.57 Å².